The fourth-order valence-corrected chi connectivity index (χ4v) is 10.2. The summed E-state index contributed by atoms with van der Waals surface area (Å²) in [5.74, 6) is 0.913. The molecule has 11 rings (SSSR count). The molecule has 0 spiro atoms. The Balaban J connectivity index is 1.22. The highest BCUT2D eigenvalue weighted by Gasteiger charge is 2.19. The van der Waals surface area contributed by atoms with Gasteiger partial charge >= 0.3 is 0 Å². The molecule has 0 atom stereocenters. The molecule has 0 N–H and O–H groups in total. The van der Waals surface area contributed by atoms with Crippen molar-refractivity contribution >= 4 is 84.8 Å². The van der Waals surface area contributed by atoms with E-state index in [1.807, 2.05) is 22.7 Å². The summed E-state index contributed by atoms with van der Waals surface area (Å²) in [4.78, 5) is 5.58. The molecule has 4 heteroatoms. The predicted octanol–water partition coefficient (Wildman–Crippen LogP) is 13.9. The van der Waals surface area contributed by atoms with E-state index in [1.165, 1.54) is 67.8 Å². The molecule has 0 radical (unpaired) electrons. The van der Waals surface area contributed by atoms with Crippen molar-refractivity contribution in [3.05, 3.63) is 170 Å². The zero-order valence-corrected chi connectivity index (χ0v) is 29.0. The molecule has 2 nitrogen and oxygen atoms in total. The molecule has 0 aliphatic rings. The van der Waals surface area contributed by atoms with Crippen LogP contribution in [0.1, 0.15) is 0 Å². The van der Waals surface area contributed by atoms with Gasteiger partial charge in [-0.2, -0.15) is 0 Å². The number of pyridine rings is 1. The van der Waals surface area contributed by atoms with Gasteiger partial charge in [-0.25, -0.2) is 4.98 Å². The molecule has 7 aromatic carbocycles. The van der Waals surface area contributed by atoms with Gasteiger partial charge in [0.25, 0.3) is 0 Å². The van der Waals surface area contributed by atoms with Crippen LogP contribution in [0.25, 0.3) is 101 Å². The van der Waals surface area contributed by atoms with Crippen LogP contribution < -0.4 is 0 Å². The molecule has 51 heavy (non-hydrogen) atoms. The summed E-state index contributed by atoms with van der Waals surface area (Å²) in [6.07, 6.45) is 0. The van der Waals surface area contributed by atoms with E-state index < -0.39 is 0 Å². The van der Waals surface area contributed by atoms with Gasteiger partial charge in [0.15, 0.2) is 0 Å². The van der Waals surface area contributed by atoms with E-state index in [-0.39, 0.29) is 0 Å². The Kier molecular flexibility index (Phi) is 6.32. The molecular formula is C47H28N2S2. The van der Waals surface area contributed by atoms with Gasteiger partial charge in [0.2, 0.25) is 0 Å². The Hall–Kier alpha value is -6.07. The van der Waals surface area contributed by atoms with Gasteiger partial charge in [0.1, 0.15) is 5.82 Å². The Bertz CT molecular complexity index is 3140. The zero-order valence-electron chi connectivity index (χ0n) is 27.4. The van der Waals surface area contributed by atoms with Crippen molar-refractivity contribution in [1.82, 2.24) is 9.55 Å². The third kappa shape index (κ3) is 4.51. The third-order valence-corrected chi connectivity index (χ3v) is 12.5. The molecule has 0 fully saturated rings. The molecular weight excluding hydrogens is 657 g/mol. The van der Waals surface area contributed by atoms with Gasteiger partial charge in [-0.05, 0) is 70.8 Å². The second kappa shape index (κ2) is 11.2. The van der Waals surface area contributed by atoms with Crippen LogP contribution in [0.2, 0.25) is 0 Å². The van der Waals surface area contributed by atoms with Crippen molar-refractivity contribution in [2.45, 2.75) is 0 Å². The highest BCUT2D eigenvalue weighted by molar-refractivity contribution is 7.26. The monoisotopic (exact) mass is 684 g/mol. The minimum absolute atomic E-state index is 0.913. The second-order valence-electron chi connectivity index (χ2n) is 13.1. The van der Waals surface area contributed by atoms with E-state index >= 15 is 0 Å². The summed E-state index contributed by atoms with van der Waals surface area (Å²) in [6.45, 7) is 0. The predicted molar refractivity (Wildman–Crippen MR) is 221 cm³/mol. The molecule has 0 aliphatic carbocycles. The Labute approximate surface area is 302 Å². The van der Waals surface area contributed by atoms with Crippen LogP contribution in [0.4, 0.5) is 0 Å². The molecule has 0 bridgehead atoms. The van der Waals surface area contributed by atoms with Gasteiger partial charge in [0, 0.05) is 56.7 Å². The Morgan fingerprint density at radius 2 is 1.02 bits per heavy atom. The van der Waals surface area contributed by atoms with E-state index in [0.717, 1.165) is 33.7 Å². The molecule has 4 aromatic heterocycles. The maximum absolute atomic E-state index is 5.58. The lowest BCUT2D eigenvalue weighted by molar-refractivity contribution is 1.09. The number of benzene rings is 7. The maximum atomic E-state index is 5.58. The number of rotatable bonds is 4. The first kappa shape index (κ1) is 28.7. The number of nitrogens with zero attached hydrogens (tertiary/aromatic N) is 2. The van der Waals surface area contributed by atoms with Gasteiger partial charge < -0.3 is 0 Å². The number of hydrogen-bond donors (Lipinski definition) is 0. The van der Waals surface area contributed by atoms with Crippen molar-refractivity contribution in [3.63, 3.8) is 0 Å². The largest absolute Gasteiger partial charge is 0.294 e. The number of para-hydroxylation sites is 1. The smallest absolute Gasteiger partial charge is 0.138 e. The lowest BCUT2D eigenvalue weighted by Crippen LogP contribution is -2.00. The minimum Gasteiger partial charge on any atom is -0.294 e. The number of hydrogen-bond acceptors (Lipinski definition) is 3. The second-order valence-corrected chi connectivity index (χ2v) is 15.3. The SMILES string of the molecule is c1ccc(-c2cccc(-c3cc(-c4cccc5c4sc4ccccc45)nc(-n4c5ccccc5c5cc6sc7ccccc7c6cc54)c3)c2)cc1. The quantitative estimate of drug-likeness (QED) is 0.180. The van der Waals surface area contributed by atoms with Crippen LogP contribution in [0.5, 0.6) is 0 Å². The molecule has 0 aliphatic heterocycles. The lowest BCUT2D eigenvalue weighted by Gasteiger charge is -2.14. The Morgan fingerprint density at radius 1 is 0.373 bits per heavy atom. The molecule has 238 valence electrons. The van der Waals surface area contributed by atoms with E-state index in [2.05, 4.69) is 174 Å². The fourth-order valence-electron chi connectivity index (χ4n) is 7.83. The summed E-state index contributed by atoms with van der Waals surface area (Å²) in [6, 6.07) is 61.8. The Morgan fingerprint density at radius 3 is 1.86 bits per heavy atom. The van der Waals surface area contributed by atoms with Crippen LogP contribution in [0.15, 0.2) is 170 Å². The number of fused-ring (bicyclic) bond motifs is 9. The normalized spacial score (nSPS) is 11.9. The van der Waals surface area contributed by atoms with Gasteiger partial charge in [0.05, 0.1) is 16.7 Å². The summed E-state index contributed by atoms with van der Waals surface area (Å²) < 4.78 is 7.56. The van der Waals surface area contributed by atoms with E-state index in [4.69, 9.17) is 4.98 Å². The average Bonchev–Trinajstić information content (AvgIpc) is 3.86. The van der Waals surface area contributed by atoms with E-state index in [1.54, 1.807) is 0 Å². The van der Waals surface area contributed by atoms with E-state index in [0.29, 0.717) is 0 Å². The van der Waals surface area contributed by atoms with Gasteiger partial charge in [-0.15, -0.1) is 22.7 Å². The molecule has 0 saturated carbocycles. The first-order valence-electron chi connectivity index (χ1n) is 17.2. The summed E-state index contributed by atoms with van der Waals surface area (Å²) in [7, 11) is 0. The van der Waals surface area contributed by atoms with Crippen LogP contribution in [0.3, 0.4) is 0 Å². The fraction of sp³-hybridized carbons (Fsp3) is 0. The first-order chi connectivity index (χ1) is 25.3. The standard InChI is InChI=1S/C47H28N2S2/c1-2-12-29(13-3-1)30-14-10-15-31(24-30)32-25-40(37-20-11-19-36-34-17-5-9-23-44(34)51-47(36)37)48-46(26-32)49-41-21-7-4-16-33(41)38-28-45-39(27-42(38)49)35-18-6-8-22-43(35)50-45/h1-28H. The maximum Gasteiger partial charge on any atom is 0.138 e. The minimum atomic E-state index is 0.913. The van der Waals surface area contributed by atoms with Crippen molar-refractivity contribution in [2.75, 3.05) is 0 Å². The first-order valence-corrected chi connectivity index (χ1v) is 18.8. The van der Waals surface area contributed by atoms with Crippen LogP contribution in [0, 0.1) is 0 Å². The highest BCUT2D eigenvalue weighted by atomic mass is 32.1. The van der Waals surface area contributed by atoms with Crippen molar-refractivity contribution in [3.8, 4) is 39.3 Å². The van der Waals surface area contributed by atoms with Crippen molar-refractivity contribution in [1.29, 1.82) is 0 Å². The van der Waals surface area contributed by atoms with Gasteiger partial charge in [-0.3, -0.25) is 4.57 Å². The molecule has 0 saturated heterocycles. The highest BCUT2D eigenvalue weighted by Crippen LogP contribution is 2.43. The topological polar surface area (TPSA) is 17.8 Å². The van der Waals surface area contributed by atoms with Crippen molar-refractivity contribution in [2.24, 2.45) is 0 Å². The summed E-state index contributed by atoms with van der Waals surface area (Å²) >= 11 is 3.72. The third-order valence-electron chi connectivity index (χ3n) is 10.2. The van der Waals surface area contributed by atoms with Crippen molar-refractivity contribution < 1.29 is 0 Å². The van der Waals surface area contributed by atoms with Crippen LogP contribution in [-0.4, -0.2) is 9.55 Å². The molecule has 0 amide bonds. The summed E-state index contributed by atoms with van der Waals surface area (Å²) in [5.41, 5.74) is 9.15. The molecule has 0 unspecified atom stereocenters. The number of aromatic nitrogens is 2. The van der Waals surface area contributed by atoms with Gasteiger partial charge in [-0.1, -0.05) is 121 Å². The van der Waals surface area contributed by atoms with Crippen LogP contribution in [-0.2, 0) is 0 Å². The summed E-state index contributed by atoms with van der Waals surface area (Å²) in [5, 5.41) is 7.63. The lowest BCUT2D eigenvalue weighted by atomic mass is 9.98. The average molecular weight is 685 g/mol. The van der Waals surface area contributed by atoms with E-state index in [9.17, 15) is 0 Å². The molecule has 11 aromatic rings. The molecule has 4 heterocycles. The van der Waals surface area contributed by atoms with Crippen LogP contribution >= 0.6 is 22.7 Å². The zero-order chi connectivity index (χ0) is 33.5. The number of thiophene rings is 2.